The number of ether oxygens (including phenoxy) is 2. The molecule has 5 heteroatoms. The van der Waals surface area contributed by atoms with Gasteiger partial charge in [0.2, 0.25) is 0 Å². The standard InChI is InChI=1S/C11H14N2O3/c1-15-11(14)13-8-2-4-9(5-3-8)16-10-6-12-7-10/h2-5,10,12H,6-7H2,1H3,(H,13,14). The van der Waals surface area contributed by atoms with Crippen molar-refractivity contribution in [3.05, 3.63) is 24.3 Å². The van der Waals surface area contributed by atoms with E-state index in [1.165, 1.54) is 7.11 Å². The number of benzene rings is 1. The average Bonchev–Trinajstić information content (AvgIpc) is 2.25. The molecule has 0 bridgehead atoms. The normalized spacial score (nSPS) is 15.1. The number of anilines is 1. The van der Waals surface area contributed by atoms with E-state index in [0.717, 1.165) is 18.8 Å². The maximum absolute atomic E-state index is 10.9. The zero-order valence-corrected chi connectivity index (χ0v) is 9.03. The Hall–Kier alpha value is -1.75. The molecule has 1 aromatic rings. The van der Waals surface area contributed by atoms with Gasteiger partial charge in [-0.25, -0.2) is 4.79 Å². The van der Waals surface area contributed by atoms with E-state index in [4.69, 9.17) is 4.74 Å². The molecule has 2 rings (SSSR count). The molecule has 0 radical (unpaired) electrons. The van der Waals surface area contributed by atoms with E-state index < -0.39 is 6.09 Å². The first-order valence-corrected chi connectivity index (χ1v) is 5.10. The molecule has 1 fully saturated rings. The number of methoxy groups -OCH3 is 1. The number of amides is 1. The van der Waals surface area contributed by atoms with E-state index in [9.17, 15) is 4.79 Å². The van der Waals surface area contributed by atoms with Crippen molar-refractivity contribution in [3.8, 4) is 5.75 Å². The number of rotatable bonds is 3. The third-order valence-corrected chi connectivity index (χ3v) is 2.33. The van der Waals surface area contributed by atoms with Gasteiger partial charge in [-0.2, -0.15) is 0 Å². The van der Waals surface area contributed by atoms with Crippen LogP contribution in [0.15, 0.2) is 24.3 Å². The summed E-state index contributed by atoms with van der Waals surface area (Å²) in [5, 5.41) is 5.70. The highest BCUT2D eigenvalue weighted by molar-refractivity contribution is 5.84. The first-order valence-electron chi connectivity index (χ1n) is 5.10. The predicted octanol–water partition coefficient (Wildman–Crippen LogP) is 1.22. The number of carbonyl (C=O) groups excluding carboxylic acids is 1. The van der Waals surface area contributed by atoms with Crippen molar-refractivity contribution < 1.29 is 14.3 Å². The minimum absolute atomic E-state index is 0.263. The Morgan fingerprint density at radius 3 is 2.56 bits per heavy atom. The van der Waals surface area contributed by atoms with Crippen LogP contribution < -0.4 is 15.4 Å². The summed E-state index contributed by atoms with van der Waals surface area (Å²) in [6, 6.07) is 7.20. The van der Waals surface area contributed by atoms with Crippen molar-refractivity contribution in [2.45, 2.75) is 6.10 Å². The fourth-order valence-corrected chi connectivity index (χ4v) is 1.32. The van der Waals surface area contributed by atoms with Gasteiger partial charge < -0.3 is 14.8 Å². The van der Waals surface area contributed by atoms with E-state index >= 15 is 0 Å². The van der Waals surface area contributed by atoms with Crippen molar-refractivity contribution in [1.82, 2.24) is 5.32 Å². The largest absolute Gasteiger partial charge is 0.488 e. The lowest BCUT2D eigenvalue weighted by Crippen LogP contribution is -2.50. The molecule has 1 heterocycles. The molecule has 0 aromatic heterocycles. The molecule has 1 aliphatic heterocycles. The van der Waals surface area contributed by atoms with Gasteiger partial charge in [0.15, 0.2) is 0 Å². The van der Waals surface area contributed by atoms with Crippen LogP contribution in [0.5, 0.6) is 5.75 Å². The first-order chi connectivity index (χ1) is 7.78. The zero-order valence-electron chi connectivity index (χ0n) is 9.03. The van der Waals surface area contributed by atoms with Crippen LogP contribution in [0.25, 0.3) is 0 Å². The topological polar surface area (TPSA) is 59.6 Å². The molecule has 1 aliphatic rings. The number of hydrogen-bond donors (Lipinski definition) is 2. The van der Waals surface area contributed by atoms with E-state index in [1.807, 2.05) is 12.1 Å². The highest BCUT2D eigenvalue weighted by Crippen LogP contribution is 2.17. The van der Waals surface area contributed by atoms with Crippen LogP contribution in [-0.4, -0.2) is 32.4 Å². The minimum Gasteiger partial charge on any atom is -0.488 e. The highest BCUT2D eigenvalue weighted by Gasteiger charge is 2.17. The second kappa shape index (κ2) is 4.85. The highest BCUT2D eigenvalue weighted by atomic mass is 16.5. The van der Waals surface area contributed by atoms with Gasteiger partial charge in [-0.05, 0) is 24.3 Å². The lowest BCUT2D eigenvalue weighted by Gasteiger charge is -2.27. The second-order valence-corrected chi connectivity index (χ2v) is 3.54. The Bertz CT molecular complexity index is 360. The zero-order chi connectivity index (χ0) is 11.4. The quantitative estimate of drug-likeness (QED) is 0.807. The van der Waals surface area contributed by atoms with Gasteiger partial charge in [0.05, 0.1) is 7.11 Å². The minimum atomic E-state index is -0.475. The van der Waals surface area contributed by atoms with Gasteiger partial charge in [0.25, 0.3) is 0 Å². The molecular weight excluding hydrogens is 208 g/mol. The van der Waals surface area contributed by atoms with Crippen LogP contribution in [0.3, 0.4) is 0 Å². The van der Waals surface area contributed by atoms with Gasteiger partial charge in [-0.1, -0.05) is 0 Å². The summed E-state index contributed by atoms with van der Waals surface area (Å²) in [5.74, 6) is 0.807. The third kappa shape index (κ3) is 2.64. The fraction of sp³-hybridized carbons (Fsp3) is 0.364. The molecule has 0 spiro atoms. The lowest BCUT2D eigenvalue weighted by molar-refractivity contribution is 0.142. The van der Waals surface area contributed by atoms with Crippen molar-refractivity contribution in [2.75, 3.05) is 25.5 Å². The van der Waals surface area contributed by atoms with Crippen LogP contribution in [0.2, 0.25) is 0 Å². The molecule has 0 aliphatic carbocycles. The molecule has 5 nitrogen and oxygen atoms in total. The third-order valence-electron chi connectivity index (χ3n) is 2.33. The summed E-state index contributed by atoms with van der Waals surface area (Å²) in [7, 11) is 1.33. The number of carbonyl (C=O) groups is 1. The summed E-state index contributed by atoms with van der Waals surface area (Å²) in [4.78, 5) is 10.9. The average molecular weight is 222 g/mol. The summed E-state index contributed by atoms with van der Waals surface area (Å²) in [6.45, 7) is 1.78. The summed E-state index contributed by atoms with van der Waals surface area (Å²) < 4.78 is 10.1. The Balaban J connectivity index is 1.90. The van der Waals surface area contributed by atoms with Crippen molar-refractivity contribution in [3.63, 3.8) is 0 Å². The molecule has 0 unspecified atom stereocenters. The maximum Gasteiger partial charge on any atom is 0.411 e. The van der Waals surface area contributed by atoms with E-state index in [-0.39, 0.29) is 6.10 Å². The van der Waals surface area contributed by atoms with Crippen LogP contribution >= 0.6 is 0 Å². The second-order valence-electron chi connectivity index (χ2n) is 3.54. The Morgan fingerprint density at radius 2 is 2.06 bits per heavy atom. The lowest BCUT2D eigenvalue weighted by atomic mass is 10.2. The van der Waals surface area contributed by atoms with Gasteiger partial charge in [0.1, 0.15) is 11.9 Å². The molecule has 0 atom stereocenters. The van der Waals surface area contributed by atoms with E-state index in [0.29, 0.717) is 5.69 Å². The molecule has 1 amide bonds. The maximum atomic E-state index is 10.9. The predicted molar refractivity (Wildman–Crippen MR) is 59.8 cm³/mol. The molecular formula is C11H14N2O3. The molecule has 1 saturated heterocycles. The number of hydrogen-bond acceptors (Lipinski definition) is 4. The van der Waals surface area contributed by atoms with Crippen molar-refractivity contribution >= 4 is 11.8 Å². The van der Waals surface area contributed by atoms with Crippen LogP contribution in [0.1, 0.15) is 0 Å². The van der Waals surface area contributed by atoms with Crippen molar-refractivity contribution in [2.24, 2.45) is 0 Å². The molecule has 2 N–H and O–H groups in total. The van der Waals surface area contributed by atoms with Gasteiger partial charge in [-0.15, -0.1) is 0 Å². The van der Waals surface area contributed by atoms with E-state index in [1.54, 1.807) is 12.1 Å². The van der Waals surface area contributed by atoms with Crippen LogP contribution in [-0.2, 0) is 4.74 Å². The molecule has 0 saturated carbocycles. The Morgan fingerprint density at radius 1 is 1.38 bits per heavy atom. The number of nitrogens with one attached hydrogen (secondary N) is 2. The summed E-state index contributed by atoms with van der Waals surface area (Å²) in [5.41, 5.74) is 0.686. The monoisotopic (exact) mass is 222 g/mol. The van der Waals surface area contributed by atoms with Crippen LogP contribution in [0, 0.1) is 0 Å². The Labute approximate surface area is 93.7 Å². The first kappa shape index (κ1) is 10.8. The molecule has 86 valence electrons. The van der Waals surface area contributed by atoms with Gasteiger partial charge in [-0.3, -0.25) is 5.32 Å². The van der Waals surface area contributed by atoms with Crippen LogP contribution in [0.4, 0.5) is 10.5 Å². The Kier molecular flexibility index (Phi) is 3.26. The SMILES string of the molecule is COC(=O)Nc1ccc(OC2CNC2)cc1. The van der Waals surface area contributed by atoms with Gasteiger partial charge in [0, 0.05) is 18.8 Å². The van der Waals surface area contributed by atoms with Gasteiger partial charge >= 0.3 is 6.09 Å². The summed E-state index contributed by atoms with van der Waals surface area (Å²) >= 11 is 0. The van der Waals surface area contributed by atoms with E-state index in [2.05, 4.69) is 15.4 Å². The molecule has 16 heavy (non-hydrogen) atoms. The fourth-order valence-electron chi connectivity index (χ4n) is 1.32. The van der Waals surface area contributed by atoms with Crippen molar-refractivity contribution in [1.29, 1.82) is 0 Å². The summed E-state index contributed by atoms with van der Waals surface area (Å²) in [6.07, 6.45) is -0.212. The smallest absolute Gasteiger partial charge is 0.411 e. The molecule has 1 aromatic carbocycles.